The monoisotopic (exact) mass is 269 g/mol. The molecular weight excluding hydrogens is 249 g/mol. The van der Waals surface area contributed by atoms with Crippen LogP contribution in [0.15, 0.2) is 18.2 Å². The van der Waals surface area contributed by atoms with Crippen molar-refractivity contribution >= 4 is 11.6 Å². The van der Waals surface area contributed by atoms with Crippen LogP contribution in [0.25, 0.3) is 0 Å². The van der Waals surface area contributed by atoms with Gasteiger partial charge in [-0.05, 0) is 49.4 Å². The van der Waals surface area contributed by atoms with Gasteiger partial charge in [-0.15, -0.1) is 0 Å². The van der Waals surface area contributed by atoms with Crippen molar-refractivity contribution in [2.45, 2.75) is 45.1 Å². The van der Waals surface area contributed by atoms with Crippen LogP contribution in [0.1, 0.15) is 38.2 Å². The average molecular weight is 270 g/mol. The predicted octanol–water partition coefficient (Wildman–Crippen LogP) is 4.19. The second kappa shape index (κ2) is 6.53. The minimum Gasteiger partial charge on any atom is -0.314 e. The largest absolute Gasteiger partial charge is 0.314 e. The van der Waals surface area contributed by atoms with E-state index in [4.69, 9.17) is 11.6 Å². The Morgan fingerprint density at radius 1 is 1.33 bits per heavy atom. The summed E-state index contributed by atoms with van der Waals surface area (Å²) in [6.07, 6.45) is 5.78. The number of hydrogen-bond donors (Lipinski definition) is 1. The van der Waals surface area contributed by atoms with Crippen molar-refractivity contribution in [3.8, 4) is 0 Å². The molecule has 2 atom stereocenters. The van der Waals surface area contributed by atoms with Crippen LogP contribution in [0.2, 0.25) is 5.02 Å². The number of benzene rings is 1. The van der Waals surface area contributed by atoms with Crippen molar-refractivity contribution in [2.75, 3.05) is 6.54 Å². The van der Waals surface area contributed by atoms with Crippen LogP contribution in [-0.4, -0.2) is 12.6 Å². The molecule has 2 unspecified atom stereocenters. The first-order chi connectivity index (χ1) is 8.70. The van der Waals surface area contributed by atoms with Gasteiger partial charge in [0.25, 0.3) is 0 Å². The smallest absolute Gasteiger partial charge is 0.127 e. The normalized spacial score (nSPS) is 24.2. The fourth-order valence-electron chi connectivity index (χ4n) is 2.95. The lowest BCUT2D eigenvalue weighted by Gasteiger charge is -2.32. The van der Waals surface area contributed by atoms with Crippen LogP contribution >= 0.6 is 11.6 Å². The lowest BCUT2D eigenvalue weighted by molar-refractivity contribution is 0.262. The molecule has 0 aliphatic heterocycles. The van der Waals surface area contributed by atoms with Crippen molar-refractivity contribution in [3.05, 3.63) is 34.6 Å². The van der Waals surface area contributed by atoms with E-state index in [-0.39, 0.29) is 5.82 Å². The van der Waals surface area contributed by atoms with Crippen LogP contribution < -0.4 is 5.32 Å². The first-order valence-corrected chi connectivity index (χ1v) is 7.25. The Morgan fingerprint density at radius 3 is 2.83 bits per heavy atom. The van der Waals surface area contributed by atoms with Crippen LogP contribution in [0, 0.1) is 11.7 Å². The van der Waals surface area contributed by atoms with Crippen molar-refractivity contribution in [1.82, 2.24) is 5.32 Å². The maximum absolute atomic E-state index is 13.8. The Bertz CT molecular complexity index is 392. The van der Waals surface area contributed by atoms with Crippen LogP contribution in [0.3, 0.4) is 0 Å². The number of hydrogen-bond acceptors (Lipinski definition) is 1. The quantitative estimate of drug-likeness (QED) is 0.864. The predicted molar refractivity (Wildman–Crippen MR) is 74.5 cm³/mol. The first kappa shape index (κ1) is 13.8. The molecule has 1 aromatic rings. The van der Waals surface area contributed by atoms with E-state index in [9.17, 15) is 4.39 Å². The highest BCUT2D eigenvalue weighted by Gasteiger charge is 2.25. The molecular formula is C15H21ClFN. The summed E-state index contributed by atoms with van der Waals surface area (Å²) in [6, 6.07) is 5.57. The molecule has 0 amide bonds. The third-order valence-electron chi connectivity index (χ3n) is 3.87. The molecule has 0 saturated heterocycles. The van der Waals surface area contributed by atoms with Crippen LogP contribution in [0.5, 0.6) is 0 Å². The number of nitrogens with one attached hydrogen (secondary N) is 1. The summed E-state index contributed by atoms with van der Waals surface area (Å²) in [5, 5.41) is 4.01. The molecule has 2 rings (SSSR count). The maximum atomic E-state index is 13.8. The SMILES string of the molecule is CCNC1CCCCC1Cc1ccc(Cl)cc1F. The zero-order chi connectivity index (χ0) is 13.0. The number of halogens is 2. The molecule has 1 aliphatic carbocycles. The Kier molecular flexibility index (Phi) is 5.02. The lowest BCUT2D eigenvalue weighted by atomic mass is 9.80. The van der Waals surface area contributed by atoms with E-state index in [0.29, 0.717) is 17.0 Å². The Balaban J connectivity index is 2.06. The third kappa shape index (κ3) is 3.46. The van der Waals surface area contributed by atoms with Gasteiger partial charge in [0.2, 0.25) is 0 Å². The molecule has 1 aliphatic rings. The molecule has 100 valence electrons. The minimum absolute atomic E-state index is 0.164. The fraction of sp³-hybridized carbons (Fsp3) is 0.600. The third-order valence-corrected chi connectivity index (χ3v) is 4.11. The van der Waals surface area contributed by atoms with E-state index in [1.807, 2.05) is 6.07 Å². The molecule has 0 radical (unpaired) electrons. The van der Waals surface area contributed by atoms with Gasteiger partial charge in [0, 0.05) is 11.1 Å². The summed E-state index contributed by atoms with van der Waals surface area (Å²) in [6.45, 7) is 3.12. The van der Waals surface area contributed by atoms with E-state index in [2.05, 4.69) is 12.2 Å². The lowest BCUT2D eigenvalue weighted by Crippen LogP contribution is -2.39. The summed E-state index contributed by atoms with van der Waals surface area (Å²) < 4.78 is 13.8. The van der Waals surface area contributed by atoms with Crippen molar-refractivity contribution in [1.29, 1.82) is 0 Å². The van der Waals surface area contributed by atoms with E-state index < -0.39 is 0 Å². The second-order valence-corrected chi connectivity index (χ2v) is 5.58. The first-order valence-electron chi connectivity index (χ1n) is 6.88. The van der Waals surface area contributed by atoms with Gasteiger partial charge in [-0.1, -0.05) is 37.4 Å². The van der Waals surface area contributed by atoms with Gasteiger partial charge in [0.15, 0.2) is 0 Å². The molecule has 0 bridgehead atoms. The topological polar surface area (TPSA) is 12.0 Å². The summed E-state index contributed by atoms with van der Waals surface area (Å²) in [5.41, 5.74) is 0.800. The summed E-state index contributed by atoms with van der Waals surface area (Å²) in [5.74, 6) is 0.387. The molecule has 1 aromatic carbocycles. The van der Waals surface area contributed by atoms with Gasteiger partial charge < -0.3 is 5.32 Å². The van der Waals surface area contributed by atoms with Gasteiger partial charge in [0.1, 0.15) is 5.82 Å². The Labute approximate surface area is 114 Å². The Morgan fingerprint density at radius 2 is 2.11 bits per heavy atom. The Hall–Kier alpha value is -0.600. The molecule has 0 aromatic heterocycles. The minimum atomic E-state index is -0.164. The van der Waals surface area contributed by atoms with Crippen molar-refractivity contribution in [2.24, 2.45) is 5.92 Å². The molecule has 1 N–H and O–H groups in total. The van der Waals surface area contributed by atoms with Gasteiger partial charge in [-0.3, -0.25) is 0 Å². The molecule has 1 saturated carbocycles. The van der Waals surface area contributed by atoms with E-state index in [0.717, 1.165) is 18.5 Å². The molecule has 1 fully saturated rings. The van der Waals surface area contributed by atoms with E-state index in [1.54, 1.807) is 6.07 Å². The summed E-state index contributed by atoms with van der Waals surface area (Å²) in [4.78, 5) is 0. The zero-order valence-corrected chi connectivity index (χ0v) is 11.6. The van der Waals surface area contributed by atoms with Crippen molar-refractivity contribution in [3.63, 3.8) is 0 Å². The van der Waals surface area contributed by atoms with E-state index >= 15 is 0 Å². The molecule has 0 spiro atoms. The zero-order valence-electron chi connectivity index (χ0n) is 10.9. The highest BCUT2D eigenvalue weighted by Crippen LogP contribution is 2.28. The fourth-order valence-corrected chi connectivity index (χ4v) is 3.11. The van der Waals surface area contributed by atoms with Gasteiger partial charge in [-0.25, -0.2) is 4.39 Å². The average Bonchev–Trinajstić information content (AvgIpc) is 2.35. The van der Waals surface area contributed by atoms with E-state index in [1.165, 1.54) is 31.7 Å². The van der Waals surface area contributed by atoms with Gasteiger partial charge >= 0.3 is 0 Å². The van der Waals surface area contributed by atoms with Crippen LogP contribution in [0.4, 0.5) is 4.39 Å². The molecule has 1 nitrogen and oxygen atoms in total. The molecule has 3 heteroatoms. The molecule has 18 heavy (non-hydrogen) atoms. The number of rotatable bonds is 4. The van der Waals surface area contributed by atoms with Gasteiger partial charge in [0.05, 0.1) is 0 Å². The molecule has 0 heterocycles. The highest BCUT2D eigenvalue weighted by molar-refractivity contribution is 6.30. The summed E-state index contributed by atoms with van der Waals surface area (Å²) >= 11 is 5.79. The second-order valence-electron chi connectivity index (χ2n) is 5.15. The highest BCUT2D eigenvalue weighted by atomic mass is 35.5. The van der Waals surface area contributed by atoms with Gasteiger partial charge in [-0.2, -0.15) is 0 Å². The standard InChI is InChI=1S/C15H21ClFN/c1-2-18-15-6-4-3-5-12(15)9-11-7-8-13(16)10-14(11)17/h7-8,10,12,15,18H,2-6,9H2,1H3. The maximum Gasteiger partial charge on any atom is 0.127 e. The van der Waals surface area contributed by atoms with Crippen molar-refractivity contribution < 1.29 is 4.39 Å². The van der Waals surface area contributed by atoms with Crippen LogP contribution in [-0.2, 0) is 6.42 Å². The summed E-state index contributed by atoms with van der Waals surface area (Å²) in [7, 11) is 0.